The number of ether oxygens (including phenoxy) is 1. The predicted molar refractivity (Wildman–Crippen MR) is 104 cm³/mol. The van der Waals surface area contributed by atoms with Crippen LogP contribution in [0.15, 0.2) is 42.5 Å². The summed E-state index contributed by atoms with van der Waals surface area (Å²) in [5, 5.41) is 13.7. The Morgan fingerprint density at radius 1 is 1.11 bits per heavy atom. The van der Waals surface area contributed by atoms with Gasteiger partial charge in [0.1, 0.15) is 16.8 Å². The van der Waals surface area contributed by atoms with Crippen LogP contribution in [0.2, 0.25) is 0 Å². The van der Waals surface area contributed by atoms with Crippen LogP contribution in [0, 0.1) is 0 Å². The van der Waals surface area contributed by atoms with E-state index in [0.717, 1.165) is 30.0 Å². The number of rotatable bonds is 4. The summed E-state index contributed by atoms with van der Waals surface area (Å²) in [7, 11) is 0. The number of nitrogens with zero attached hydrogens (tertiary/aromatic N) is 4. The molecule has 1 aromatic heterocycles. The molecule has 27 heavy (non-hydrogen) atoms. The summed E-state index contributed by atoms with van der Waals surface area (Å²) < 4.78 is 5.73. The summed E-state index contributed by atoms with van der Waals surface area (Å²) in [6.45, 7) is 5.40. The SMILES string of the molecule is CCOc1ccccc1N1CCN(C(=O)Nc2cccc3n[nH]nc23)CC1. The van der Waals surface area contributed by atoms with Crippen LogP contribution < -0.4 is 15.0 Å². The highest BCUT2D eigenvalue weighted by Gasteiger charge is 2.23. The first-order valence-electron chi connectivity index (χ1n) is 9.08. The molecule has 0 bridgehead atoms. The summed E-state index contributed by atoms with van der Waals surface area (Å²) in [6.07, 6.45) is 0. The maximum atomic E-state index is 12.7. The summed E-state index contributed by atoms with van der Waals surface area (Å²) in [6, 6.07) is 13.4. The fraction of sp³-hybridized carbons (Fsp3) is 0.316. The fourth-order valence-electron chi connectivity index (χ4n) is 3.31. The molecule has 1 aliphatic heterocycles. The summed E-state index contributed by atoms with van der Waals surface area (Å²) in [5.74, 6) is 0.885. The molecule has 0 atom stereocenters. The lowest BCUT2D eigenvalue weighted by atomic mass is 10.2. The number of piperazine rings is 1. The highest BCUT2D eigenvalue weighted by atomic mass is 16.5. The number of anilines is 2. The van der Waals surface area contributed by atoms with E-state index in [4.69, 9.17) is 4.74 Å². The van der Waals surface area contributed by atoms with Crippen LogP contribution in [0.3, 0.4) is 0 Å². The number of H-pyrrole nitrogens is 1. The van der Waals surface area contributed by atoms with Crippen molar-refractivity contribution >= 4 is 28.4 Å². The topological polar surface area (TPSA) is 86.4 Å². The third kappa shape index (κ3) is 3.51. The average Bonchev–Trinajstić information content (AvgIpc) is 3.19. The molecule has 1 fully saturated rings. The van der Waals surface area contributed by atoms with Gasteiger partial charge in [0.05, 0.1) is 18.0 Å². The van der Waals surface area contributed by atoms with E-state index in [2.05, 4.69) is 31.7 Å². The fourth-order valence-corrected chi connectivity index (χ4v) is 3.31. The van der Waals surface area contributed by atoms with Gasteiger partial charge in [-0.3, -0.25) is 0 Å². The Morgan fingerprint density at radius 2 is 1.93 bits per heavy atom. The van der Waals surface area contributed by atoms with Crippen LogP contribution in [-0.4, -0.2) is 59.1 Å². The minimum absolute atomic E-state index is 0.122. The molecular weight excluding hydrogens is 344 g/mol. The molecule has 0 spiro atoms. The smallest absolute Gasteiger partial charge is 0.322 e. The molecule has 0 radical (unpaired) electrons. The Kier molecular flexibility index (Phi) is 4.78. The first kappa shape index (κ1) is 17.1. The van der Waals surface area contributed by atoms with E-state index in [1.807, 2.05) is 48.2 Å². The van der Waals surface area contributed by atoms with E-state index >= 15 is 0 Å². The number of hydrogen-bond acceptors (Lipinski definition) is 5. The van der Waals surface area contributed by atoms with Crippen LogP contribution >= 0.6 is 0 Å². The van der Waals surface area contributed by atoms with Gasteiger partial charge in [-0.2, -0.15) is 15.4 Å². The molecule has 8 heteroatoms. The Balaban J connectivity index is 1.41. The number of hydrogen-bond donors (Lipinski definition) is 2. The quantitative estimate of drug-likeness (QED) is 0.741. The van der Waals surface area contributed by atoms with Crippen molar-refractivity contribution in [3.63, 3.8) is 0 Å². The Morgan fingerprint density at radius 3 is 2.74 bits per heavy atom. The largest absolute Gasteiger partial charge is 0.492 e. The number of carbonyl (C=O) groups is 1. The van der Waals surface area contributed by atoms with Crippen LogP contribution in [0.4, 0.5) is 16.2 Å². The molecule has 1 saturated heterocycles. The van der Waals surface area contributed by atoms with Crippen LogP contribution in [0.5, 0.6) is 5.75 Å². The van der Waals surface area contributed by atoms with Gasteiger partial charge in [-0.15, -0.1) is 0 Å². The molecule has 2 amide bonds. The van der Waals surface area contributed by atoms with Gasteiger partial charge < -0.3 is 19.9 Å². The molecular formula is C19H22N6O2. The number of fused-ring (bicyclic) bond motifs is 1. The lowest BCUT2D eigenvalue weighted by Gasteiger charge is -2.36. The highest BCUT2D eigenvalue weighted by Crippen LogP contribution is 2.29. The van der Waals surface area contributed by atoms with Crippen molar-refractivity contribution in [2.75, 3.05) is 43.0 Å². The monoisotopic (exact) mass is 366 g/mol. The standard InChI is InChI=1S/C19H22N6O2/c1-2-27-17-9-4-3-8-16(17)24-10-12-25(13-11-24)19(26)20-14-6-5-7-15-18(14)22-23-21-15/h3-9H,2,10-13H2,1H3,(H,20,26)(H,21,22,23). The van der Waals surface area contributed by atoms with E-state index in [-0.39, 0.29) is 6.03 Å². The normalized spacial score (nSPS) is 14.4. The molecule has 1 aliphatic rings. The average molecular weight is 366 g/mol. The van der Waals surface area contributed by atoms with Crippen molar-refractivity contribution in [1.82, 2.24) is 20.3 Å². The molecule has 8 nitrogen and oxygen atoms in total. The number of benzene rings is 2. The maximum Gasteiger partial charge on any atom is 0.322 e. The Hall–Kier alpha value is -3.29. The number of aromatic amines is 1. The number of urea groups is 1. The van der Waals surface area contributed by atoms with Crippen molar-refractivity contribution in [2.24, 2.45) is 0 Å². The van der Waals surface area contributed by atoms with Crippen molar-refractivity contribution < 1.29 is 9.53 Å². The van der Waals surface area contributed by atoms with Gasteiger partial charge in [-0.05, 0) is 31.2 Å². The van der Waals surface area contributed by atoms with Crippen molar-refractivity contribution in [3.8, 4) is 5.75 Å². The molecule has 3 aromatic rings. The van der Waals surface area contributed by atoms with Crippen LogP contribution in [0.1, 0.15) is 6.92 Å². The predicted octanol–water partition coefficient (Wildman–Crippen LogP) is 2.71. The number of para-hydroxylation sites is 3. The first-order chi connectivity index (χ1) is 13.3. The molecule has 140 valence electrons. The second-order valence-electron chi connectivity index (χ2n) is 6.30. The van der Waals surface area contributed by atoms with E-state index in [1.54, 1.807) is 0 Å². The van der Waals surface area contributed by atoms with Gasteiger partial charge in [0.15, 0.2) is 0 Å². The molecule has 0 aliphatic carbocycles. The van der Waals surface area contributed by atoms with Gasteiger partial charge in [0.2, 0.25) is 0 Å². The van der Waals surface area contributed by atoms with Crippen molar-refractivity contribution in [1.29, 1.82) is 0 Å². The summed E-state index contributed by atoms with van der Waals surface area (Å²) >= 11 is 0. The third-order valence-electron chi connectivity index (χ3n) is 4.66. The molecule has 4 rings (SSSR count). The van der Waals surface area contributed by atoms with Gasteiger partial charge >= 0.3 is 6.03 Å². The van der Waals surface area contributed by atoms with E-state index < -0.39 is 0 Å². The van der Waals surface area contributed by atoms with E-state index in [0.29, 0.717) is 30.9 Å². The first-order valence-corrected chi connectivity index (χ1v) is 9.08. The van der Waals surface area contributed by atoms with Gasteiger partial charge in [0.25, 0.3) is 0 Å². The van der Waals surface area contributed by atoms with E-state index in [9.17, 15) is 4.79 Å². The molecule has 2 heterocycles. The lowest BCUT2D eigenvalue weighted by molar-refractivity contribution is 0.208. The second-order valence-corrected chi connectivity index (χ2v) is 6.30. The minimum Gasteiger partial charge on any atom is -0.492 e. The lowest BCUT2D eigenvalue weighted by Crippen LogP contribution is -2.50. The Bertz CT molecular complexity index is 933. The minimum atomic E-state index is -0.122. The van der Waals surface area contributed by atoms with Crippen molar-refractivity contribution in [2.45, 2.75) is 6.92 Å². The highest BCUT2D eigenvalue weighted by molar-refractivity contribution is 5.98. The van der Waals surface area contributed by atoms with Gasteiger partial charge in [-0.1, -0.05) is 18.2 Å². The summed E-state index contributed by atoms with van der Waals surface area (Å²) in [4.78, 5) is 16.7. The zero-order valence-electron chi connectivity index (χ0n) is 15.2. The summed E-state index contributed by atoms with van der Waals surface area (Å²) in [5.41, 5.74) is 3.13. The van der Waals surface area contributed by atoms with E-state index in [1.165, 1.54) is 0 Å². The third-order valence-corrected chi connectivity index (χ3v) is 4.66. The van der Waals surface area contributed by atoms with Crippen LogP contribution in [-0.2, 0) is 0 Å². The zero-order chi connectivity index (χ0) is 18.6. The van der Waals surface area contributed by atoms with Crippen molar-refractivity contribution in [3.05, 3.63) is 42.5 Å². The zero-order valence-corrected chi connectivity index (χ0v) is 15.2. The van der Waals surface area contributed by atoms with Crippen LogP contribution in [0.25, 0.3) is 11.0 Å². The maximum absolute atomic E-state index is 12.7. The molecule has 2 N–H and O–H groups in total. The van der Waals surface area contributed by atoms with Gasteiger partial charge in [-0.25, -0.2) is 4.79 Å². The number of amides is 2. The molecule has 0 saturated carbocycles. The number of nitrogens with one attached hydrogen (secondary N) is 2. The Labute approximate surface area is 157 Å². The number of carbonyl (C=O) groups excluding carboxylic acids is 1. The second kappa shape index (κ2) is 7.53. The molecule has 0 unspecified atom stereocenters. The molecule has 2 aromatic carbocycles. The number of aromatic nitrogens is 3. The van der Waals surface area contributed by atoms with Gasteiger partial charge in [0, 0.05) is 26.2 Å².